The van der Waals surface area contributed by atoms with Crippen molar-refractivity contribution in [3.05, 3.63) is 29.3 Å². The van der Waals surface area contributed by atoms with Crippen molar-refractivity contribution >= 4 is 11.6 Å². The third-order valence-corrected chi connectivity index (χ3v) is 5.36. The van der Waals surface area contributed by atoms with Crippen molar-refractivity contribution in [1.29, 1.82) is 0 Å². The quantitative estimate of drug-likeness (QED) is 0.524. The minimum Gasteiger partial charge on any atom is -0.385 e. The van der Waals surface area contributed by atoms with Gasteiger partial charge in [-0.1, -0.05) is 18.6 Å². The maximum absolute atomic E-state index is 5.30. The van der Waals surface area contributed by atoms with Crippen molar-refractivity contribution in [2.24, 2.45) is 10.4 Å². The average molecular weight is 361 g/mol. The molecule has 0 radical (unpaired) electrons. The van der Waals surface area contributed by atoms with Crippen LogP contribution in [-0.2, 0) is 11.3 Å². The predicted octanol–water partition coefficient (Wildman–Crippen LogP) is 3.32. The Morgan fingerprint density at radius 2 is 2.04 bits per heavy atom. The molecule has 1 aromatic rings. The predicted molar refractivity (Wildman–Crippen MR) is 111 cm³/mol. The molecule has 5 heteroatoms. The number of hydrogen-bond donors (Lipinski definition) is 2. The zero-order valence-corrected chi connectivity index (χ0v) is 17.2. The smallest absolute Gasteiger partial charge is 0.191 e. The molecular formula is C21H36N4O. The lowest BCUT2D eigenvalue weighted by Crippen LogP contribution is -2.47. The van der Waals surface area contributed by atoms with E-state index in [2.05, 4.69) is 61.7 Å². The van der Waals surface area contributed by atoms with Gasteiger partial charge in [-0.25, -0.2) is 4.99 Å². The lowest BCUT2D eigenvalue weighted by atomic mass is 9.67. The number of rotatable bonds is 9. The van der Waals surface area contributed by atoms with Gasteiger partial charge in [-0.05, 0) is 55.7 Å². The summed E-state index contributed by atoms with van der Waals surface area (Å²) in [6.07, 6.45) is 5.02. The minimum atomic E-state index is 0.380. The van der Waals surface area contributed by atoms with Gasteiger partial charge in [0.2, 0.25) is 0 Å². The Morgan fingerprint density at radius 3 is 2.62 bits per heavy atom. The summed E-state index contributed by atoms with van der Waals surface area (Å²) in [6.45, 7) is 7.59. The van der Waals surface area contributed by atoms with Gasteiger partial charge in [0.05, 0.1) is 6.54 Å². The summed E-state index contributed by atoms with van der Waals surface area (Å²) in [5, 5.41) is 6.96. The highest BCUT2D eigenvalue weighted by atomic mass is 16.5. The lowest BCUT2D eigenvalue weighted by Gasteiger charge is -2.42. The fourth-order valence-electron chi connectivity index (χ4n) is 3.51. The van der Waals surface area contributed by atoms with E-state index in [0.29, 0.717) is 12.0 Å². The molecule has 5 nitrogen and oxygen atoms in total. The van der Waals surface area contributed by atoms with Gasteiger partial charge in [0.25, 0.3) is 0 Å². The molecule has 0 aromatic heterocycles. The van der Waals surface area contributed by atoms with E-state index in [1.54, 1.807) is 7.11 Å². The van der Waals surface area contributed by atoms with Gasteiger partial charge in [-0.3, -0.25) is 0 Å². The van der Waals surface area contributed by atoms with Crippen LogP contribution in [0.15, 0.2) is 23.2 Å². The monoisotopic (exact) mass is 360 g/mol. The fraction of sp³-hybridized carbons (Fsp3) is 0.667. The number of nitrogens with zero attached hydrogens (tertiary/aromatic N) is 2. The Bertz CT molecular complexity index is 594. The van der Waals surface area contributed by atoms with Gasteiger partial charge >= 0.3 is 0 Å². The number of benzene rings is 1. The van der Waals surface area contributed by atoms with E-state index < -0.39 is 0 Å². The highest BCUT2D eigenvalue weighted by Crippen LogP contribution is 2.43. The number of ether oxygens (including phenoxy) is 1. The van der Waals surface area contributed by atoms with Crippen LogP contribution in [-0.4, -0.2) is 46.9 Å². The fourth-order valence-corrected chi connectivity index (χ4v) is 3.51. The molecule has 1 fully saturated rings. The molecule has 0 heterocycles. The van der Waals surface area contributed by atoms with Crippen molar-refractivity contribution in [3.63, 3.8) is 0 Å². The molecule has 0 spiro atoms. The summed E-state index contributed by atoms with van der Waals surface area (Å²) in [7, 11) is 5.96. The van der Waals surface area contributed by atoms with Crippen molar-refractivity contribution < 1.29 is 4.74 Å². The third-order valence-electron chi connectivity index (χ3n) is 5.36. The number of guanidine groups is 1. The second-order valence-electron chi connectivity index (χ2n) is 7.67. The van der Waals surface area contributed by atoms with E-state index in [1.807, 2.05) is 0 Å². The number of methoxy groups -OCH3 is 1. The average Bonchev–Trinajstić information content (AvgIpc) is 2.58. The van der Waals surface area contributed by atoms with Gasteiger partial charge in [-0.15, -0.1) is 0 Å². The normalized spacial score (nSPS) is 16.1. The Hall–Kier alpha value is -1.75. The van der Waals surface area contributed by atoms with Gasteiger partial charge in [-0.2, -0.15) is 0 Å². The topological polar surface area (TPSA) is 48.9 Å². The number of anilines is 1. The molecule has 26 heavy (non-hydrogen) atoms. The molecule has 0 aliphatic heterocycles. The minimum absolute atomic E-state index is 0.380. The van der Waals surface area contributed by atoms with E-state index >= 15 is 0 Å². The molecule has 146 valence electrons. The molecule has 1 aliphatic carbocycles. The Balaban J connectivity index is 2.02. The maximum Gasteiger partial charge on any atom is 0.191 e. The molecule has 2 N–H and O–H groups in total. The van der Waals surface area contributed by atoms with Crippen LogP contribution in [0.2, 0.25) is 0 Å². The molecule has 0 atom stereocenters. The second-order valence-corrected chi connectivity index (χ2v) is 7.67. The summed E-state index contributed by atoms with van der Waals surface area (Å²) in [4.78, 5) is 6.99. The van der Waals surface area contributed by atoms with Crippen molar-refractivity contribution in [1.82, 2.24) is 10.6 Å². The SMILES string of the molecule is CCNC(=NCc1ccc(C)cc1N(C)C)NCC1(CCOC)CCC1. The van der Waals surface area contributed by atoms with E-state index in [-0.39, 0.29) is 0 Å². The van der Waals surface area contributed by atoms with E-state index in [0.717, 1.165) is 32.1 Å². The van der Waals surface area contributed by atoms with Crippen LogP contribution >= 0.6 is 0 Å². The lowest BCUT2D eigenvalue weighted by molar-refractivity contribution is 0.0732. The molecule has 2 rings (SSSR count). The molecule has 0 amide bonds. The first-order valence-electron chi connectivity index (χ1n) is 9.77. The first kappa shape index (κ1) is 20.6. The molecule has 0 saturated heterocycles. The van der Waals surface area contributed by atoms with Gasteiger partial charge < -0.3 is 20.3 Å². The van der Waals surface area contributed by atoms with Crippen molar-refractivity contribution in [2.75, 3.05) is 45.8 Å². The summed E-state index contributed by atoms with van der Waals surface area (Å²) >= 11 is 0. The zero-order valence-electron chi connectivity index (χ0n) is 17.2. The highest BCUT2D eigenvalue weighted by Gasteiger charge is 2.36. The number of aryl methyl sites for hydroxylation is 1. The molecule has 1 saturated carbocycles. The Labute approximate surface area is 159 Å². The molecule has 0 unspecified atom stereocenters. The largest absolute Gasteiger partial charge is 0.385 e. The number of hydrogen-bond acceptors (Lipinski definition) is 3. The van der Waals surface area contributed by atoms with E-state index in [4.69, 9.17) is 9.73 Å². The van der Waals surface area contributed by atoms with Crippen LogP contribution in [0.3, 0.4) is 0 Å². The van der Waals surface area contributed by atoms with Crippen LogP contribution in [0.5, 0.6) is 0 Å². The van der Waals surface area contributed by atoms with Crippen molar-refractivity contribution in [3.8, 4) is 0 Å². The van der Waals surface area contributed by atoms with Gasteiger partial charge in [0, 0.05) is 46.6 Å². The standard InChI is InChI=1S/C21H36N4O/c1-6-22-20(24-16-21(10-7-11-21)12-13-26-5)23-15-18-9-8-17(2)14-19(18)25(3)4/h8-9,14H,6-7,10-13,15-16H2,1-5H3,(H2,22,23,24). The van der Waals surface area contributed by atoms with Crippen LogP contribution in [0, 0.1) is 12.3 Å². The zero-order chi connectivity index (χ0) is 19.0. The first-order valence-corrected chi connectivity index (χ1v) is 9.77. The number of aliphatic imine (C=N–C) groups is 1. The second kappa shape index (κ2) is 9.81. The molecule has 0 bridgehead atoms. The van der Waals surface area contributed by atoms with E-state index in [9.17, 15) is 0 Å². The summed E-state index contributed by atoms with van der Waals surface area (Å²) in [5.41, 5.74) is 4.14. The summed E-state index contributed by atoms with van der Waals surface area (Å²) < 4.78 is 5.30. The molecule has 1 aliphatic rings. The first-order chi connectivity index (χ1) is 12.5. The van der Waals surface area contributed by atoms with E-state index in [1.165, 1.54) is 36.1 Å². The summed E-state index contributed by atoms with van der Waals surface area (Å²) in [6, 6.07) is 6.56. The van der Waals surface area contributed by atoms with Crippen LogP contribution in [0.4, 0.5) is 5.69 Å². The van der Waals surface area contributed by atoms with Gasteiger partial charge in [0.15, 0.2) is 5.96 Å². The Morgan fingerprint density at radius 1 is 1.27 bits per heavy atom. The summed E-state index contributed by atoms with van der Waals surface area (Å²) in [5.74, 6) is 0.904. The van der Waals surface area contributed by atoms with Crippen LogP contribution in [0.1, 0.15) is 43.7 Å². The maximum atomic E-state index is 5.30. The Kier molecular flexibility index (Phi) is 7.76. The molecular weight excluding hydrogens is 324 g/mol. The van der Waals surface area contributed by atoms with Crippen LogP contribution in [0.25, 0.3) is 0 Å². The van der Waals surface area contributed by atoms with Crippen LogP contribution < -0.4 is 15.5 Å². The highest BCUT2D eigenvalue weighted by molar-refractivity contribution is 5.80. The van der Waals surface area contributed by atoms with Crippen molar-refractivity contribution in [2.45, 2.75) is 46.1 Å². The number of nitrogens with one attached hydrogen (secondary N) is 2. The van der Waals surface area contributed by atoms with Gasteiger partial charge in [0.1, 0.15) is 0 Å². The molecule has 1 aromatic carbocycles. The third kappa shape index (κ3) is 5.63.